The molecule has 0 fully saturated rings. The SMILES string of the molecule is O=Cc1cc(Cl)cc(OCc2ccccc2)c1. The van der Waals surface area contributed by atoms with Crippen molar-refractivity contribution in [2.75, 3.05) is 0 Å². The lowest BCUT2D eigenvalue weighted by Gasteiger charge is -2.07. The zero-order chi connectivity index (χ0) is 12.1. The van der Waals surface area contributed by atoms with Crippen molar-refractivity contribution in [1.82, 2.24) is 0 Å². The molecule has 86 valence electrons. The zero-order valence-electron chi connectivity index (χ0n) is 9.10. The van der Waals surface area contributed by atoms with Gasteiger partial charge in [0, 0.05) is 10.6 Å². The summed E-state index contributed by atoms with van der Waals surface area (Å²) >= 11 is 5.87. The molecule has 0 spiro atoms. The lowest BCUT2D eigenvalue weighted by molar-refractivity contribution is 0.112. The van der Waals surface area contributed by atoms with E-state index in [1.165, 1.54) is 0 Å². The molecule has 0 heterocycles. The van der Waals surface area contributed by atoms with Crippen molar-refractivity contribution in [3.8, 4) is 5.75 Å². The third kappa shape index (κ3) is 3.33. The fraction of sp³-hybridized carbons (Fsp3) is 0.0714. The van der Waals surface area contributed by atoms with Gasteiger partial charge in [0.15, 0.2) is 0 Å². The lowest BCUT2D eigenvalue weighted by Crippen LogP contribution is -1.95. The van der Waals surface area contributed by atoms with E-state index in [0.29, 0.717) is 22.9 Å². The van der Waals surface area contributed by atoms with Crippen molar-refractivity contribution in [2.24, 2.45) is 0 Å². The smallest absolute Gasteiger partial charge is 0.150 e. The number of benzene rings is 2. The molecule has 0 aliphatic carbocycles. The van der Waals surface area contributed by atoms with Gasteiger partial charge in [-0.25, -0.2) is 0 Å². The lowest BCUT2D eigenvalue weighted by atomic mass is 10.2. The number of ether oxygens (including phenoxy) is 1. The van der Waals surface area contributed by atoms with Crippen LogP contribution in [0.15, 0.2) is 48.5 Å². The van der Waals surface area contributed by atoms with Gasteiger partial charge in [-0.2, -0.15) is 0 Å². The molecular weight excluding hydrogens is 236 g/mol. The molecular formula is C14H11ClO2. The number of hydrogen-bond donors (Lipinski definition) is 0. The summed E-state index contributed by atoms with van der Waals surface area (Å²) in [6, 6.07) is 14.8. The zero-order valence-corrected chi connectivity index (χ0v) is 9.85. The van der Waals surface area contributed by atoms with E-state index in [4.69, 9.17) is 16.3 Å². The van der Waals surface area contributed by atoms with E-state index in [1.54, 1.807) is 18.2 Å². The number of carbonyl (C=O) groups is 1. The van der Waals surface area contributed by atoms with Crippen molar-refractivity contribution in [3.63, 3.8) is 0 Å². The predicted octanol–water partition coefficient (Wildman–Crippen LogP) is 3.73. The molecule has 0 aromatic heterocycles. The number of rotatable bonds is 4. The van der Waals surface area contributed by atoms with Crippen LogP contribution in [0.5, 0.6) is 5.75 Å². The summed E-state index contributed by atoms with van der Waals surface area (Å²) in [4.78, 5) is 10.7. The molecule has 2 aromatic rings. The van der Waals surface area contributed by atoms with Crippen LogP contribution in [0.25, 0.3) is 0 Å². The second-order valence-corrected chi connectivity index (χ2v) is 4.05. The van der Waals surface area contributed by atoms with Crippen molar-refractivity contribution < 1.29 is 9.53 Å². The van der Waals surface area contributed by atoms with E-state index in [-0.39, 0.29) is 0 Å². The second kappa shape index (κ2) is 5.51. The highest BCUT2D eigenvalue weighted by molar-refractivity contribution is 6.31. The van der Waals surface area contributed by atoms with Gasteiger partial charge in [0.1, 0.15) is 18.6 Å². The minimum atomic E-state index is 0.458. The first-order valence-corrected chi connectivity index (χ1v) is 5.58. The van der Waals surface area contributed by atoms with Crippen molar-refractivity contribution in [2.45, 2.75) is 6.61 Å². The molecule has 2 aromatic carbocycles. The van der Waals surface area contributed by atoms with E-state index >= 15 is 0 Å². The maximum Gasteiger partial charge on any atom is 0.150 e. The number of carbonyl (C=O) groups excluding carboxylic acids is 1. The van der Waals surface area contributed by atoms with Crippen LogP contribution in [0.3, 0.4) is 0 Å². The summed E-state index contributed by atoms with van der Waals surface area (Å²) in [5, 5.41) is 0.498. The van der Waals surface area contributed by atoms with Gasteiger partial charge in [0.2, 0.25) is 0 Å². The number of aldehydes is 1. The number of hydrogen-bond acceptors (Lipinski definition) is 2. The summed E-state index contributed by atoms with van der Waals surface area (Å²) < 4.78 is 5.57. The first kappa shape index (κ1) is 11.7. The van der Waals surface area contributed by atoms with Gasteiger partial charge in [-0.05, 0) is 23.8 Å². The van der Waals surface area contributed by atoms with Crippen molar-refractivity contribution in [1.29, 1.82) is 0 Å². The van der Waals surface area contributed by atoms with E-state index < -0.39 is 0 Å². The quantitative estimate of drug-likeness (QED) is 0.769. The molecule has 0 N–H and O–H groups in total. The highest BCUT2D eigenvalue weighted by Crippen LogP contribution is 2.21. The standard InChI is InChI=1S/C14H11ClO2/c15-13-6-12(9-16)7-14(8-13)17-10-11-4-2-1-3-5-11/h1-9H,10H2. The highest BCUT2D eigenvalue weighted by Gasteiger charge is 2.00. The summed E-state index contributed by atoms with van der Waals surface area (Å²) in [7, 11) is 0. The van der Waals surface area contributed by atoms with Crippen LogP contribution >= 0.6 is 11.6 Å². The van der Waals surface area contributed by atoms with Gasteiger partial charge in [-0.3, -0.25) is 4.79 Å². The molecule has 3 heteroatoms. The van der Waals surface area contributed by atoms with Crippen LogP contribution in [0.2, 0.25) is 5.02 Å². The first-order chi connectivity index (χ1) is 8.28. The van der Waals surface area contributed by atoms with Crippen LogP contribution in [0, 0.1) is 0 Å². The Morgan fingerprint density at radius 2 is 1.88 bits per heavy atom. The van der Waals surface area contributed by atoms with Crippen LogP contribution in [-0.2, 0) is 6.61 Å². The fourth-order valence-corrected chi connectivity index (χ4v) is 1.71. The van der Waals surface area contributed by atoms with Gasteiger partial charge >= 0.3 is 0 Å². The second-order valence-electron chi connectivity index (χ2n) is 3.61. The van der Waals surface area contributed by atoms with E-state index in [2.05, 4.69) is 0 Å². The number of halogens is 1. The Bertz CT molecular complexity index is 509. The molecule has 0 saturated heterocycles. The average Bonchev–Trinajstić information content (AvgIpc) is 2.37. The largest absolute Gasteiger partial charge is 0.489 e. The summed E-state index contributed by atoms with van der Waals surface area (Å²) in [6.45, 7) is 0.458. The summed E-state index contributed by atoms with van der Waals surface area (Å²) in [5.41, 5.74) is 1.58. The van der Waals surface area contributed by atoms with Gasteiger partial charge < -0.3 is 4.74 Å². The Hall–Kier alpha value is -1.80. The van der Waals surface area contributed by atoms with Gasteiger partial charge in [0.05, 0.1) is 0 Å². The molecule has 17 heavy (non-hydrogen) atoms. The fourth-order valence-electron chi connectivity index (χ4n) is 1.48. The predicted molar refractivity (Wildman–Crippen MR) is 67.6 cm³/mol. The van der Waals surface area contributed by atoms with Crippen LogP contribution < -0.4 is 4.74 Å². The average molecular weight is 247 g/mol. The molecule has 0 saturated carbocycles. The van der Waals surface area contributed by atoms with E-state index in [9.17, 15) is 4.79 Å². The van der Waals surface area contributed by atoms with Gasteiger partial charge in [-0.1, -0.05) is 41.9 Å². The first-order valence-electron chi connectivity index (χ1n) is 5.20. The Kier molecular flexibility index (Phi) is 3.78. The summed E-state index contributed by atoms with van der Waals surface area (Å²) in [6.07, 6.45) is 0.751. The third-order valence-electron chi connectivity index (χ3n) is 2.28. The molecule has 2 rings (SSSR count). The van der Waals surface area contributed by atoms with Gasteiger partial charge in [-0.15, -0.1) is 0 Å². The molecule has 0 aliphatic rings. The summed E-state index contributed by atoms with van der Waals surface area (Å²) in [5.74, 6) is 0.600. The normalized spacial score (nSPS) is 9.94. The van der Waals surface area contributed by atoms with Crippen LogP contribution in [-0.4, -0.2) is 6.29 Å². The topological polar surface area (TPSA) is 26.3 Å². The maximum atomic E-state index is 10.7. The molecule has 2 nitrogen and oxygen atoms in total. The molecule has 0 amide bonds. The molecule has 0 bridgehead atoms. The molecule has 0 unspecified atom stereocenters. The molecule has 0 radical (unpaired) electrons. The van der Waals surface area contributed by atoms with E-state index in [1.807, 2.05) is 30.3 Å². The Morgan fingerprint density at radius 3 is 2.59 bits per heavy atom. The molecule has 0 aliphatic heterocycles. The van der Waals surface area contributed by atoms with Crippen molar-refractivity contribution in [3.05, 3.63) is 64.7 Å². The Morgan fingerprint density at radius 1 is 1.12 bits per heavy atom. The van der Waals surface area contributed by atoms with Crippen LogP contribution in [0.1, 0.15) is 15.9 Å². The monoisotopic (exact) mass is 246 g/mol. The van der Waals surface area contributed by atoms with Crippen LogP contribution in [0.4, 0.5) is 0 Å². The van der Waals surface area contributed by atoms with Crippen molar-refractivity contribution >= 4 is 17.9 Å². The van der Waals surface area contributed by atoms with E-state index in [0.717, 1.165) is 11.8 Å². The molecule has 0 atom stereocenters. The van der Waals surface area contributed by atoms with Gasteiger partial charge in [0.25, 0.3) is 0 Å². The maximum absolute atomic E-state index is 10.7. The minimum absolute atomic E-state index is 0.458. The highest BCUT2D eigenvalue weighted by atomic mass is 35.5. The Labute approximate surface area is 105 Å². The Balaban J connectivity index is 2.09. The third-order valence-corrected chi connectivity index (χ3v) is 2.50. The minimum Gasteiger partial charge on any atom is -0.489 e.